The lowest BCUT2D eigenvalue weighted by atomic mass is 9.92. The largest absolute Gasteiger partial charge is 0.316 e. The van der Waals surface area contributed by atoms with Crippen LogP contribution in [0.15, 0.2) is 0 Å². The van der Waals surface area contributed by atoms with Gasteiger partial charge in [0.2, 0.25) is 0 Å². The maximum atomic E-state index is 3.50. The van der Waals surface area contributed by atoms with Crippen molar-refractivity contribution in [1.82, 2.24) is 10.2 Å². The third-order valence-electron chi connectivity index (χ3n) is 4.45. The Hall–Kier alpha value is -0.0800. The van der Waals surface area contributed by atoms with Crippen molar-refractivity contribution in [3.05, 3.63) is 0 Å². The van der Waals surface area contributed by atoms with Crippen LogP contribution in [0.2, 0.25) is 0 Å². The second kappa shape index (κ2) is 5.31. The molecule has 15 heavy (non-hydrogen) atoms. The summed E-state index contributed by atoms with van der Waals surface area (Å²) in [7, 11) is 0. The first-order valence-corrected chi connectivity index (χ1v) is 6.72. The molecular formula is C13H26N2. The van der Waals surface area contributed by atoms with Crippen LogP contribution < -0.4 is 5.32 Å². The Morgan fingerprint density at radius 3 is 2.47 bits per heavy atom. The molecule has 2 aliphatic heterocycles. The number of likely N-dealkylation sites (tertiary alicyclic amines) is 1. The van der Waals surface area contributed by atoms with Gasteiger partial charge in [0.1, 0.15) is 0 Å². The molecule has 0 bridgehead atoms. The quantitative estimate of drug-likeness (QED) is 0.766. The summed E-state index contributed by atoms with van der Waals surface area (Å²) < 4.78 is 0. The molecule has 0 aliphatic carbocycles. The number of hydrogen-bond acceptors (Lipinski definition) is 2. The van der Waals surface area contributed by atoms with Crippen molar-refractivity contribution in [2.75, 3.05) is 32.7 Å². The molecule has 1 N–H and O–H groups in total. The van der Waals surface area contributed by atoms with Crippen molar-refractivity contribution in [2.24, 2.45) is 17.8 Å². The molecule has 2 fully saturated rings. The van der Waals surface area contributed by atoms with Crippen molar-refractivity contribution in [1.29, 1.82) is 0 Å². The van der Waals surface area contributed by atoms with E-state index in [2.05, 4.69) is 24.1 Å². The van der Waals surface area contributed by atoms with Gasteiger partial charge in [-0.15, -0.1) is 0 Å². The molecule has 0 aromatic carbocycles. The third-order valence-corrected chi connectivity index (χ3v) is 4.45. The molecule has 88 valence electrons. The fourth-order valence-corrected chi connectivity index (χ4v) is 3.02. The van der Waals surface area contributed by atoms with Crippen LogP contribution in [0.5, 0.6) is 0 Å². The SMILES string of the molecule is CCC1CCN(CC2CNCC2C)CC1. The Morgan fingerprint density at radius 1 is 1.20 bits per heavy atom. The summed E-state index contributed by atoms with van der Waals surface area (Å²) in [6, 6.07) is 0. The van der Waals surface area contributed by atoms with Crippen LogP contribution in [0.1, 0.15) is 33.1 Å². The average Bonchev–Trinajstić information content (AvgIpc) is 2.66. The zero-order valence-corrected chi connectivity index (χ0v) is 10.3. The van der Waals surface area contributed by atoms with Crippen molar-refractivity contribution in [3.63, 3.8) is 0 Å². The average molecular weight is 210 g/mol. The molecular weight excluding hydrogens is 184 g/mol. The molecule has 0 amide bonds. The highest BCUT2D eigenvalue weighted by Crippen LogP contribution is 2.23. The fraction of sp³-hybridized carbons (Fsp3) is 1.00. The first-order chi connectivity index (χ1) is 7.29. The minimum absolute atomic E-state index is 0.883. The van der Waals surface area contributed by atoms with Gasteiger partial charge in [-0.25, -0.2) is 0 Å². The standard InChI is InChI=1S/C13H26N2/c1-3-12-4-6-15(7-5-12)10-13-9-14-8-11(13)2/h11-14H,3-10H2,1-2H3. The van der Waals surface area contributed by atoms with Crippen molar-refractivity contribution in [3.8, 4) is 0 Å². The zero-order valence-electron chi connectivity index (χ0n) is 10.3. The molecule has 2 heteroatoms. The van der Waals surface area contributed by atoms with Gasteiger partial charge in [-0.2, -0.15) is 0 Å². The molecule has 2 atom stereocenters. The van der Waals surface area contributed by atoms with Crippen LogP contribution in [0, 0.1) is 17.8 Å². The summed E-state index contributed by atoms with van der Waals surface area (Å²) in [5, 5.41) is 3.50. The highest BCUT2D eigenvalue weighted by Gasteiger charge is 2.26. The molecule has 0 saturated carbocycles. The zero-order chi connectivity index (χ0) is 10.7. The topological polar surface area (TPSA) is 15.3 Å². The van der Waals surface area contributed by atoms with Crippen LogP contribution in [0.4, 0.5) is 0 Å². The number of nitrogens with one attached hydrogen (secondary N) is 1. The Balaban J connectivity index is 1.72. The number of nitrogens with zero attached hydrogens (tertiary/aromatic N) is 1. The van der Waals surface area contributed by atoms with Crippen LogP contribution in [0.25, 0.3) is 0 Å². The van der Waals surface area contributed by atoms with E-state index in [1.807, 2.05) is 0 Å². The highest BCUT2D eigenvalue weighted by atomic mass is 15.1. The molecule has 2 aliphatic rings. The second-order valence-electron chi connectivity index (χ2n) is 5.55. The van der Waals surface area contributed by atoms with Crippen molar-refractivity contribution in [2.45, 2.75) is 33.1 Å². The molecule has 0 spiro atoms. The summed E-state index contributed by atoms with van der Waals surface area (Å²) in [4.78, 5) is 2.69. The predicted octanol–water partition coefficient (Wildman–Crippen LogP) is 1.96. The van der Waals surface area contributed by atoms with Gasteiger partial charge in [-0.1, -0.05) is 20.3 Å². The van der Waals surface area contributed by atoms with E-state index in [1.54, 1.807) is 0 Å². The molecule has 0 radical (unpaired) electrons. The van der Waals surface area contributed by atoms with Crippen LogP contribution in [-0.2, 0) is 0 Å². The Labute approximate surface area is 94.4 Å². The second-order valence-corrected chi connectivity index (χ2v) is 5.55. The molecule has 0 aromatic rings. The molecule has 2 unspecified atom stereocenters. The van der Waals surface area contributed by atoms with Crippen molar-refractivity contribution >= 4 is 0 Å². The highest BCUT2D eigenvalue weighted by molar-refractivity contribution is 4.82. The lowest BCUT2D eigenvalue weighted by Gasteiger charge is -2.33. The predicted molar refractivity (Wildman–Crippen MR) is 65.0 cm³/mol. The maximum Gasteiger partial charge on any atom is 0.00248 e. The number of rotatable bonds is 3. The van der Waals surface area contributed by atoms with Gasteiger partial charge < -0.3 is 10.2 Å². The normalized spacial score (nSPS) is 34.8. The Kier molecular flexibility index (Phi) is 4.04. The van der Waals surface area contributed by atoms with E-state index in [0.29, 0.717) is 0 Å². The third kappa shape index (κ3) is 2.94. The van der Waals surface area contributed by atoms with Crippen molar-refractivity contribution < 1.29 is 0 Å². The van der Waals surface area contributed by atoms with E-state index < -0.39 is 0 Å². The minimum atomic E-state index is 0.883. The molecule has 0 aromatic heterocycles. The maximum absolute atomic E-state index is 3.50. The van der Waals surface area contributed by atoms with E-state index >= 15 is 0 Å². The summed E-state index contributed by atoms with van der Waals surface area (Å²) >= 11 is 0. The summed E-state index contributed by atoms with van der Waals surface area (Å²) in [6.07, 6.45) is 4.26. The summed E-state index contributed by atoms with van der Waals surface area (Å²) in [5.41, 5.74) is 0. The smallest absolute Gasteiger partial charge is 0.00248 e. The van der Waals surface area contributed by atoms with E-state index in [1.165, 1.54) is 52.0 Å². The van der Waals surface area contributed by atoms with E-state index in [-0.39, 0.29) is 0 Å². The summed E-state index contributed by atoms with van der Waals surface area (Å²) in [6.45, 7) is 11.2. The lowest BCUT2D eigenvalue weighted by molar-refractivity contribution is 0.152. The summed E-state index contributed by atoms with van der Waals surface area (Å²) in [5.74, 6) is 2.80. The molecule has 2 heterocycles. The van der Waals surface area contributed by atoms with E-state index in [0.717, 1.165) is 17.8 Å². The van der Waals surface area contributed by atoms with Gasteiger partial charge in [0, 0.05) is 6.54 Å². The lowest BCUT2D eigenvalue weighted by Crippen LogP contribution is -2.38. The Morgan fingerprint density at radius 2 is 1.93 bits per heavy atom. The first-order valence-electron chi connectivity index (χ1n) is 6.72. The number of piperidine rings is 1. The monoisotopic (exact) mass is 210 g/mol. The number of hydrogen-bond donors (Lipinski definition) is 1. The van der Waals surface area contributed by atoms with E-state index in [9.17, 15) is 0 Å². The van der Waals surface area contributed by atoms with Gasteiger partial charge >= 0.3 is 0 Å². The van der Waals surface area contributed by atoms with Gasteiger partial charge in [-0.3, -0.25) is 0 Å². The van der Waals surface area contributed by atoms with Gasteiger partial charge in [0.15, 0.2) is 0 Å². The Bertz CT molecular complexity index is 185. The first kappa shape index (κ1) is 11.4. The van der Waals surface area contributed by atoms with Crippen LogP contribution in [0.3, 0.4) is 0 Å². The van der Waals surface area contributed by atoms with Crippen LogP contribution >= 0.6 is 0 Å². The molecule has 2 saturated heterocycles. The van der Waals surface area contributed by atoms with Gasteiger partial charge in [-0.05, 0) is 56.8 Å². The minimum Gasteiger partial charge on any atom is -0.316 e. The van der Waals surface area contributed by atoms with Gasteiger partial charge in [0.05, 0.1) is 0 Å². The van der Waals surface area contributed by atoms with E-state index in [4.69, 9.17) is 0 Å². The van der Waals surface area contributed by atoms with Crippen LogP contribution in [-0.4, -0.2) is 37.6 Å². The van der Waals surface area contributed by atoms with Gasteiger partial charge in [0.25, 0.3) is 0 Å². The molecule has 2 rings (SSSR count). The fourth-order valence-electron chi connectivity index (χ4n) is 3.02. The molecule has 2 nitrogen and oxygen atoms in total.